The molecule has 0 saturated heterocycles. The summed E-state index contributed by atoms with van der Waals surface area (Å²) >= 11 is 0. The second-order valence-electron chi connectivity index (χ2n) is 23.2. The number of rotatable bonds is 55. The van der Waals surface area contributed by atoms with E-state index in [1.807, 2.05) is 0 Å². The van der Waals surface area contributed by atoms with Gasteiger partial charge in [-0.3, -0.25) is 78.3 Å². The van der Waals surface area contributed by atoms with E-state index in [4.69, 9.17) is 97.5 Å². The van der Waals surface area contributed by atoms with Crippen LogP contribution in [0, 0.1) is 0 Å². The standard InChI is InChI=1S/C56H114N32O9/c57-33(9-1-17-74-49(58)59)25-41(89)82-34(10-2-18-75-50(60)61)26-42(90)83-35(11-3-19-76-51(62)63)27-43(91)84-36(12-4-20-77-52(64)65)28-44(92)85-37(13-5-21-78-53(66)67)29-45(93)86-38(14-6-22-79-54(68)69)30-46(94)87-39(15-7-23-80-55(70)71)31-47(95)88-40(32-48(96)97)16-8-24-81-56(72)73/h33-40H,1-32,57H2,(H,82,89)(H,83,90)(H,84,91)(H,85,92)(H,86,93)(H,87,94)(H,88,95)(H,96,97)(H4,58,59,74)(H4,60,61,75)(H4,62,63,76)(H4,64,65,77)(H4,66,67,78)(H4,68,69,79)(H4,70,71,80)(H4,72,73,81)/t33-,34-,35-,36-,37-,38-,39-,40-/m0/s1. The van der Waals surface area contributed by atoms with Gasteiger partial charge in [-0.2, -0.15) is 0 Å². The number of carboxylic acid groups (broad SMARTS) is 1. The molecule has 0 heterocycles. The van der Waals surface area contributed by atoms with Crippen LogP contribution in [0.5, 0.6) is 0 Å². The van der Waals surface area contributed by atoms with Crippen LogP contribution in [0.3, 0.4) is 0 Å². The highest BCUT2D eigenvalue weighted by Gasteiger charge is 2.27. The van der Waals surface area contributed by atoms with Crippen LogP contribution < -0.4 is 135 Å². The highest BCUT2D eigenvalue weighted by Crippen LogP contribution is 2.14. The van der Waals surface area contributed by atoms with Crippen LogP contribution in [-0.2, 0) is 38.4 Å². The first kappa shape index (κ1) is 86.9. The summed E-state index contributed by atoms with van der Waals surface area (Å²) in [5, 5.41) is 29.7. The van der Waals surface area contributed by atoms with Crippen molar-refractivity contribution in [3.05, 3.63) is 0 Å². The van der Waals surface area contributed by atoms with Crippen LogP contribution in [0.4, 0.5) is 0 Å². The molecule has 552 valence electrons. The molecule has 0 saturated carbocycles. The minimum atomic E-state index is -1.15. The van der Waals surface area contributed by atoms with Crippen LogP contribution in [0.2, 0.25) is 0 Å². The third-order valence-electron chi connectivity index (χ3n) is 14.1. The number of nitrogens with zero attached hydrogens (tertiary/aromatic N) is 8. The summed E-state index contributed by atoms with van der Waals surface area (Å²) in [7, 11) is 0. The lowest BCUT2D eigenvalue weighted by Crippen LogP contribution is -2.47. The van der Waals surface area contributed by atoms with Crippen molar-refractivity contribution in [1.82, 2.24) is 37.2 Å². The number of hydrogen-bond acceptors (Lipinski definition) is 17. The van der Waals surface area contributed by atoms with Crippen molar-refractivity contribution in [1.29, 1.82) is 0 Å². The number of nitrogens with one attached hydrogen (secondary N) is 7. The number of carbonyl (C=O) groups excluding carboxylic acids is 7. The molecule has 0 aliphatic heterocycles. The summed E-state index contributed by atoms with van der Waals surface area (Å²) in [5.74, 6) is -6.06. The lowest BCUT2D eigenvalue weighted by molar-refractivity contribution is -0.138. The second kappa shape index (κ2) is 52.2. The Labute approximate surface area is 566 Å². The van der Waals surface area contributed by atoms with Crippen molar-refractivity contribution >= 4 is 95.0 Å². The second-order valence-corrected chi connectivity index (χ2v) is 23.2. The van der Waals surface area contributed by atoms with Crippen LogP contribution >= 0.6 is 0 Å². The number of carboxylic acids is 1. The first-order valence-electron chi connectivity index (χ1n) is 32.3. The molecule has 0 aromatic carbocycles. The maximum atomic E-state index is 14.2. The largest absolute Gasteiger partial charge is 0.481 e. The first-order valence-corrected chi connectivity index (χ1v) is 32.3. The SMILES string of the molecule is NC(N)=NCCC[C@H](N)CC(=O)N[C@@H](CCCN=C(N)N)CC(=O)N[C@@H](CCCN=C(N)N)CC(=O)N[C@@H](CCCN=C(N)N)CC(=O)N[C@@H](CCCN=C(N)N)CC(=O)N[C@@H](CCCN=C(N)N)CC(=O)N[C@@H](CCCN=C(N)N)CC(=O)N[C@@H](CCCN=C(N)N)CC(=O)O. The maximum Gasteiger partial charge on any atom is 0.305 e. The van der Waals surface area contributed by atoms with E-state index in [-0.39, 0.29) is 177 Å². The van der Waals surface area contributed by atoms with Gasteiger partial charge in [-0.05, 0) is 103 Å². The number of aliphatic carboxylic acids is 1. The van der Waals surface area contributed by atoms with E-state index in [0.717, 1.165) is 0 Å². The molecule has 0 unspecified atom stereocenters. The van der Waals surface area contributed by atoms with Crippen molar-refractivity contribution in [3.8, 4) is 0 Å². The number of aliphatic imine (C=N–C) groups is 8. The van der Waals surface area contributed by atoms with E-state index in [9.17, 15) is 43.5 Å². The van der Waals surface area contributed by atoms with Crippen molar-refractivity contribution in [2.45, 2.75) is 202 Å². The molecule has 41 heteroatoms. The van der Waals surface area contributed by atoms with Crippen molar-refractivity contribution < 1.29 is 43.5 Å². The van der Waals surface area contributed by atoms with Gasteiger partial charge in [0.2, 0.25) is 41.4 Å². The van der Waals surface area contributed by atoms with E-state index in [1.165, 1.54) is 0 Å². The molecular formula is C56H114N32O9. The summed E-state index contributed by atoms with van der Waals surface area (Å²) < 4.78 is 0. The molecule has 0 rings (SSSR count). The Morgan fingerprint density at radius 3 is 0.536 bits per heavy atom. The molecule has 41 nitrogen and oxygen atoms in total. The predicted octanol–water partition coefficient (Wildman–Crippen LogP) is -8.66. The van der Waals surface area contributed by atoms with Gasteiger partial charge in [-0.1, -0.05) is 0 Å². The topological polar surface area (TPSA) is 782 Å². The Balaban J connectivity index is 6.83. The quantitative estimate of drug-likeness (QED) is 0.0153. The van der Waals surface area contributed by atoms with Gasteiger partial charge in [0.1, 0.15) is 0 Å². The Morgan fingerprint density at radius 1 is 0.237 bits per heavy atom. The average Bonchev–Trinajstić information content (AvgIpc) is 0.991. The van der Waals surface area contributed by atoms with Gasteiger partial charge in [0, 0.05) is 146 Å². The fourth-order valence-corrected chi connectivity index (χ4v) is 9.86. The summed E-state index contributed by atoms with van der Waals surface area (Å²) in [6.45, 7) is 1.49. The highest BCUT2D eigenvalue weighted by molar-refractivity contribution is 5.85. The summed E-state index contributed by atoms with van der Waals surface area (Å²) in [4.78, 5) is 141. The lowest BCUT2D eigenvalue weighted by atomic mass is 10.0. The first-order chi connectivity index (χ1) is 45.8. The van der Waals surface area contributed by atoms with Gasteiger partial charge in [0.25, 0.3) is 0 Å². The van der Waals surface area contributed by atoms with Gasteiger partial charge < -0.3 is 140 Å². The lowest BCUT2D eigenvalue weighted by Gasteiger charge is -2.25. The third kappa shape index (κ3) is 53.9. The number of amides is 7. The van der Waals surface area contributed by atoms with Crippen LogP contribution in [0.25, 0.3) is 0 Å². The number of carbonyl (C=O) groups is 8. The van der Waals surface area contributed by atoms with Gasteiger partial charge in [0.05, 0.1) is 6.42 Å². The minimum absolute atomic E-state index is 0.0534. The van der Waals surface area contributed by atoms with Crippen molar-refractivity contribution in [2.75, 3.05) is 52.4 Å². The third-order valence-corrected chi connectivity index (χ3v) is 14.1. The molecule has 0 aliphatic rings. The fraction of sp³-hybridized carbons (Fsp3) is 0.714. The molecule has 7 amide bonds. The van der Waals surface area contributed by atoms with E-state index in [1.54, 1.807) is 0 Å². The van der Waals surface area contributed by atoms with Gasteiger partial charge in [-0.25, -0.2) is 0 Å². The Morgan fingerprint density at radius 2 is 0.381 bits per heavy atom. The fourth-order valence-electron chi connectivity index (χ4n) is 9.86. The molecule has 0 spiro atoms. The maximum absolute atomic E-state index is 14.2. The molecule has 0 radical (unpaired) electrons. The molecule has 42 N–H and O–H groups in total. The molecule has 0 aromatic heterocycles. The molecule has 0 aromatic rings. The Hall–Kier alpha value is -10.1. The molecule has 97 heavy (non-hydrogen) atoms. The Bertz CT molecular complexity index is 2620. The van der Waals surface area contributed by atoms with E-state index in [2.05, 4.69) is 77.2 Å². The molecule has 8 atom stereocenters. The predicted molar refractivity (Wildman–Crippen MR) is 375 cm³/mol. The van der Waals surface area contributed by atoms with Crippen LogP contribution in [0.1, 0.15) is 154 Å². The molecule has 0 bridgehead atoms. The summed E-state index contributed by atoms with van der Waals surface area (Å²) in [6, 6.07) is -6.16. The van der Waals surface area contributed by atoms with Gasteiger partial charge >= 0.3 is 5.97 Å². The average molecular weight is 1380 g/mol. The van der Waals surface area contributed by atoms with E-state index >= 15 is 0 Å². The number of guanidine groups is 8. The summed E-state index contributed by atoms with van der Waals surface area (Å²) in [5.41, 5.74) is 94.6. The van der Waals surface area contributed by atoms with E-state index in [0.29, 0.717) is 70.8 Å². The zero-order chi connectivity index (χ0) is 73.1. The normalized spacial score (nSPS) is 13.2. The minimum Gasteiger partial charge on any atom is -0.481 e. The summed E-state index contributed by atoms with van der Waals surface area (Å²) in [6.07, 6.45) is 2.72. The van der Waals surface area contributed by atoms with Crippen molar-refractivity contribution in [2.24, 2.45) is 137 Å². The van der Waals surface area contributed by atoms with Gasteiger partial charge in [-0.15, -0.1) is 0 Å². The molecular weight excluding hydrogens is 1260 g/mol. The van der Waals surface area contributed by atoms with Crippen LogP contribution in [0.15, 0.2) is 39.9 Å². The van der Waals surface area contributed by atoms with Gasteiger partial charge in [0.15, 0.2) is 47.7 Å². The highest BCUT2D eigenvalue weighted by atomic mass is 16.4. The zero-order valence-corrected chi connectivity index (χ0v) is 55.9. The van der Waals surface area contributed by atoms with Crippen LogP contribution in [-0.4, -0.2) is 201 Å². The molecule has 0 aliphatic carbocycles. The smallest absolute Gasteiger partial charge is 0.305 e. The Kier molecular flexibility index (Phi) is 46.7. The number of hydrogen-bond donors (Lipinski definition) is 25. The zero-order valence-electron chi connectivity index (χ0n) is 55.9. The van der Waals surface area contributed by atoms with E-state index < -0.39 is 102 Å². The number of nitrogens with two attached hydrogens (primary N) is 17. The van der Waals surface area contributed by atoms with Crippen molar-refractivity contribution in [3.63, 3.8) is 0 Å². The monoisotopic (exact) mass is 1380 g/mol. The molecule has 0 fully saturated rings.